The van der Waals surface area contributed by atoms with Crippen molar-refractivity contribution in [3.63, 3.8) is 0 Å². The van der Waals surface area contributed by atoms with Gasteiger partial charge in [0.2, 0.25) is 0 Å². The van der Waals surface area contributed by atoms with E-state index in [1.165, 1.54) is 16.8 Å². The predicted octanol–water partition coefficient (Wildman–Crippen LogP) is 2.97. The van der Waals surface area contributed by atoms with E-state index in [-0.39, 0.29) is 0 Å². The molecule has 0 spiro atoms. The van der Waals surface area contributed by atoms with E-state index in [2.05, 4.69) is 47.1 Å². The molecule has 98 valence electrons. The van der Waals surface area contributed by atoms with Crippen molar-refractivity contribution in [2.24, 2.45) is 5.73 Å². The highest BCUT2D eigenvalue weighted by atomic mass is 15.2. The summed E-state index contributed by atoms with van der Waals surface area (Å²) in [7, 11) is 0. The Hall–Kier alpha value is -1.87. The molecule has 3 heteroatoms. The van der Waals surface area contributed by atoms with Gasteiger partial charge in [-0.3, -0.25) is 0 Å². The molecule has 19 heavy (non-hydrogen) atoms. The zero-order chi connectivity index (χ0) is 13.2. The number of pyridine rings is 1. The molecule has 3 rings (SSSR count). The topological polar surface area (TPSA) is 42.2 Å². The highest BCUT2D eigenvalue weighted by Gasteiger charge is 2.29. The fourth-order valence-electron chi connectivity index (χ4n) is 2.90. The maximum absolute atomic E-state index is 5.75. The van der Waals surface area contributed by atoms with Gasteiger partial charge in [-0.15, -0.1) is 0 Å². The SMILES string of the molecule is Cc1cccnc1N1CC(CCN)c2ccccc21. The van der Waals surface area contributed by atoms with Crippen LogP contribution in [-0.2, 0) is 0 Å². The molecule has 1 unspecified atom stereocenters. The molecule has 0 saturated heterocycles. The number of hydrogen-bond donors (Lipinski definition) is 1. The third-order valence-corrected chi connectivity index (χ3v) is 3.82. The van der Waals surface area contributed by atoms with Crippen molar-refractivity contribution in [2.45, 2.75) is 19.3 Å². The van der Waals surface area contributed by atoms with Gasteiger partial charge in [-0.2, -0.15) is 0 Å². The number of nitrogens with two attached hydrogens (primary N) is 1. The summed E-state index contributed by atoms with van der Waals surface area (Å²) in [6.45, 7) is 3.82. The van der Waals surface area contributed by atoms with Crippen LogP contribution in [-0.4, -0.2) is 18.1 Å². The van der Waals surface area contributed by atoms with Gasteiger partial charge in [-0.25, -0.2) is 4.98 Å². The lowest BCUT2D eigenvalue weighted by molar-refractivity contribution is 0.666. The van der Waals surface area contributed by atoms with Crippen molar-refractivity contribution >= 4 is 11.5 Å². The molecule has 3 nitrogen and oxygen atoms in total. The van der Waals surface area contributed by atoms with Gasteiger partial charge in [-0.05, 0) is 43.1 Å². The zero-order valence-electron chi connectivity index (χ0n) is 11.2. The van der Waals surface area contributed by atoms with Gasteiger partial charge >= 0.3 is 0 Å². The monoisotopic (exact) mass is 253 g/mol. The van der Waals surface area contributed by atoms with Crippen LogP contribution in [0.2, 0.25) is 0 Å². The molecule has 2 aromatic rings. The number of hydrogen-bond acceptors (Lipinski definition) is 3. The van der Waals surface area contributed by atoms with Gasteiger partial charge in [0, 0.05) is 24.3 Å². The van der Waals surface area contributed by atoms with Crippen LogP contribution in [0.5, 0.6) is 0 Å². The predicted molar refractivity (Wildman–Crippen MR) is 78.8 cm³/mol. The molecular formula is C16H19N3. The summed E-state index contributed by atoms with van der Waals surface area (Å²) in [6, 6.07) is 12.7. The minimum atomic E-state index is 0.516. The molecule has 0 radical (unpaired) electrons. The molecule has 1 aliphatic rings. The molecule has 0 fully saturated rings. The highest BCUT2D eigenvalue weighted by molar-refractivity contribution is 5.70. The second-order valence-corrected chi connectivity index (χ2v) is 5.09. The minimum Gasteiger partial charge on any atom is -0.330 e. The van der Waals surface area contributed by atoms with E-state index in [0.29, 0.717) is 5.92 Å². The first-order valence-electron chi connectivity index (χ1n) is 6.79. The number of aromatic nitrogens is 1. The summed E-state index contributed by atoms with van der Waals surface area (Å²) in [6.07, 6.45) is 2.89. The maximum Gasteiger partial charge on any atom is 0.135 e. The molecule has 2 N–H and O–H groups in total. The van der Waals surface area contributed by atoms with E-state index in [0.717, 1.165) is 25.3 Å². The van der Waals surface area contributed by atoms with Gasteiger partial charge in [0.05, 0.1) is 0 Å². The molecule has 0 aliphatic carbocycles. The standard InChI is InChI=1S/C16H19N3/c1-12-5-4-10-18-16(12)19-11-13(8-9-17)14-6-2-3-7-15(14)19/h2-7,10,13H,8-9,11,17H2,1H3. The number of benzene rings is 1. The summed E-state index contributed by atoms with van der Waals surface area (Å²) in [4.78, 5) is 6.87. The Kier molecular flexibility index (Phi) is 3.22. The number of para-hydroxylation sites is 1. The van der Waals surface area contributed by atoms with E-state index in [1.54, 1.807) is 0 Å². The molecule has 1 aromatic carbocycles. The molecule has 0 bridgehead atoms. The van der Waals surface area contributed by atoms with Gasteiger partial charge in [-0.1, -0.05) is 24.3 Å². The average Bonchev–Trinajstić information content (AvgIpc) is 2.79. The van der Waals surface area contributed by atoms with Crippen molar-refractivity contribution < 1.29 is 0 Å². The number of rotatable bonds is 3. The molecule has 2 heterocycles. The van der Waals surface area contributed by atoms with Gasteiger partial charge < -0.3 is 10.6 Å². The summed E-state index contributed by atoms with van der Waals surface area (Å²) in [5.41, 5.74) is 9.64. The Morgan fingerprint density at radius 2 is 2.11 bits per heavy atom. The molecule has 1 aromatic heterocycles. The smallest absolute Gasteiger partial charge is 0.135 e. The van der Waals surface area contributed by atoms with Crippen molar-refractivity contribution in [1.29, 1.82) is 0 Å². The van der Waals surface area contributed by atoms with E-state index < -0.39 is 0 Å². The number of anilines is 2. The Balaban J connectivity index is 2.03. The summed E-state index contributed by atoms with van der Waals surface area (Å²) >= 11 is 0. The van der Waals surface area contributed by atoms with Crippen LogP contribution in [0.4, 0.5) is 11.5 Å². The van der Waals surface area contributed by atoms with Gasteiger partial charge in [0.15, 0.2) is 0 Å². The van der Waals surface area contributed by atoms with E-state index in [4.69, 9.17) is 5.73 Å². The van der Waals surface area contributed by atoms with Crippen LogP contribution in [0.25, 0.3) is 0 Å². The normalized spacial score (nSPS) is 17.6. The molecular weight excluding hydrogens is 234 g/mol. The van der Waals surface area contributed by atoms with Crippen LogP contribution >= 0.6 is 0 Å². The molecule has 0 saturated carbocycles. The van der Waals surface area contributed by atoms with Gasteiger partial charge in [0.1, 0.15) is 5.82 Å². The van der Waals surface area contributed by atoms with E-state index in [9.17, 15) is 0 Å². The van der Waals surface area contributed by atoms with Crippen molar-refractivity contribution in [3.8, 4) is 0 Å². The highest BCUT2D eigenvalue weighted by Crippen LogP contribution is 2.41. The largest absolute Gasteiger partial charge is 0.330 e. The van der Waals surface area contributed by atoms with Crippen LogP contribution in [0.1, 0.15) is 23.5 Å². The van der Waals surface area contributed by atoms with Gasteiger partial charge in [0.25, 0.3) is 0 Å². The molecule has 1 aliphatic heterocycles. The third-order valence-electron chi connectivity index (χ3n) is 3.82. The Labute approximate surface area is 114 Å². The Morgan fingerprint density at radius 3 is 2.89 bits per heavy atom. The minimum absolute atomic E-state index is 0.516. The molecule has 1 atom stereocenters. The van der Waals surface area contributed by atoms with Crippen LogP contribution < -0.4 is 10.6 Å². The van der Waals surface area contributed by atoms with E-state index in [1.807, 2.05) is 12.3 Å². The second-order valence-electron chi connectivity index (χ2n) is 5.09. The van der Waals surface area contributed by atoms with Crippen LogP contribution in [0, 0.1) is 6.92 Å². The van der Waals surface area contributed by atoms with Crippen molar-refractivity contribution in [1.82, 2.24) is 4.98 Å². The lowest BCUT2D eigenvalue weighted by Crippen LogP contribution is -2.19. The van der Waals surface area contributed by atoms with E-state index >= 15 is 0 Å². The average molecular weight is 253 g/mol. The lowest BCUT2D eigenvalue weighted by Gasteiger charge is -2.20. The van der Waals surface area contributed by atoms with Crippen LogP contribution in [0.15, 0.2) is 42.6 Å². The maximum atomic E-state index is 5.75. The summed E-state index contributed by atoms with van der Waals surface area (Å²) < 4.78 is 0. The summed E-state index contributed by atoms with van der Waals surface area (Å²) in [5, 5.41) is 0. The number of aryl methyl sites for hydroxylation is 1. The van der Waals surface area contributed by atoms with Crippen LogP contribution in [0.3, 0.4) is 0 Å². The van der Waals surface area contributed by atoms with Crippen molar-refractivity contribution in [3.05, 3.63) is 53.7 Å². The Morgan fingerprint density at radius 1 is 1.26 bits per heavy atom. The zero-order valence-corrected chi connectivity index (χ0v) is 11.2. The molecule has 0 amide bonds. The number of fused-ring (bicyclic) bond motifs is 1. The Bertz CT molecular complexity index is 580. The quantitative estimate of drug-likeness (QED) is 0.914. The lowest BCUT2D eigenvalue weighted by atomic mass is 9.98. The third kappa shape index (κ3) is 2.10. The number of nitrogens with zero attached hydrogens (tertiary/aromatic N) is 2. The first kappa shape index (κ1) is 12.2. The summed E-state index contributed by atoms with van der Waals surface area (Å²) in [5.74, 6) is 1.58. The first-order valence-corrected chi connectivity index (χ1v) is 6.79. The first-order chi connectivity index (χ1) is 9.31. The fourth-order valence-corrected chi connectivity index (χ4v) is 2.90. The van der Waals surface area contributed by atoms with Crippen molar-refractivity contribution in [2.75, 3.05) is 18.0 Å². The second kappa shape index (κ2) is 5.02. The fraction of sp³-hybridized carbons (Fsp3) is 0.312.